The minimum Gasteiger partial charge on any atom is -0.493 e. The highest BCUT2D eigenvalue weighted by Gasteiger charge is 2.20. The van der Waals surface area contributed by atoms with Crippen molar-refractivity contribution in [1.82, 2.24) is 14.8 Å². The van der Waals surface area contributed by atoms with E-state index in [1.54, 1.807) is 44.8 Å². The van der Waals surface area contributed by atoms with Gasteiger partial charge >= 0.3 is 0 Å². The monoisotopic (exact) mass is 333 g/mol. The molecule has 0 N–H and O–H groups in total. The summed E-state index contributed by atoms with van der Waals surface area (Å²) in [7, 11) is 3.10. The fraction of sp³-hybridized carbons (Fsp3) is 0.312. The minimum absolute atomic E-state index is 0.0101. The normalized spacial score (nSPS) is 11.8. The molecule has 0 fully saturated rings. The van der Waals surface area contributed by atoms with Crippen LogP contribution in [0, 0.1) is 0 Å². The molecular formula is C16H19N3O3S. The van der Waals surface area contributed by atoms with Crippen molar-refractivity contribution in [3.63, 3.8) is 0 Å². The summed E-state index contributed by atoms with van der Waals surface area (Å²) in [6.07, 6.45) is 3.38. The molecule has 0 amide bonds. The molecule has 7 heteroatoms. The van der Waals surface area contributed by atoms with Gasteiger partial charge < -0.3 is 14.0 Å². The maximum Gasteiger partial charge on any atom is 0.191 e. The van der Waals surface area contributed by atoms with Crippen LogP contribution in [-0.2, 0) is 6.54 Å². The van der Waals surface area contributed by atoms with Gasteiger partial charge in [0, 0.05) is 12.1 Å². The van der Waals surface area contributed by atoms with E-state index in [0.717, 1.165) is 0 Å². The molecule has 0 aliphatic rings. The molecule has 0 saturated heterocycles. The fourth-order valence-corrected chi connectivity index (χ4v) is 2.95. The van der Waals surface area contributed by atoms with Gasteiger partial charge in [-0.05, 0) is 25.1 Å². The number of Topliss-reactive ketones (excluding diaryl/α,β-unsaturated/α-hetero) is 1. The van der Waals surface area contributed by atoms with E-state index in [1.165, 1.54) is 11.8 Å². The predicted octanol–water partition coefficient (Wildman–Crippen LogP) is 2.84. The van der Waals surface area contributed by atoms with Crippen LogP contribution in [-0.4, -0.2) is 40.0 Å². The average Bonchev–Trinajstić information content (AvgIpc) is 3.00. The number of allylic oxidation sites excluding steroid dienone is 1. The van der Waals surface area contributed by atoms with E-state index in [4.69, 9.17) is 9.47 Å². The van der Waals surface area contributed by atoms with Crippen molar-refractivity contribution < 1.29 is 14.3 Å². The Balaban J connectivity index is 2.16. The summed E-state index contributed by atoms with van der Waals surface area (Å²) in [6.45, 7) is 6.14. The number of rotatable bonds is 8. The second-order valence-corrected chi connectivity index (χ2v) is 6.06. The van der Waals surface area contributed by atoms with E-state index in [2.05, 4.69) is 16.8 Å². The third-order valence-electron chi connectivity index (χ3n) is 3.23. The lowest BCUT2D eigenvalue weighted by Crippen LogP contribution is -2.15. The third-order valence-corrected chi connectivity index (χ3v) is 4.32. The molecule has 122 valence electrons. The second-order valence-electron chi connectivity index (χ2n) is 4.75. The van der Waals surface area contributed by atoms with E-state index < -0.39 is 0 Å². The van der Waals surface area contributed by atoms with E-state index in [0.29, 0.717) is 28.8 Å². The molecule has 1 heterocycles. The van der Waals surface area contributed by atoms with Crippen LogP contribution in [0.25, 0.3) is 0 Å². The Morgan fingerprint density at radius 3 is 2.78 bits per heavy atom. The number of carbonyl (C=O) groups excluding carboxylic acids is 1. The van der Waals surface area contributed by atoms with Gasteiger partial charge in [-0.25, -0.2) is 0 Å². The van der Waals surface area contributed by atoms with Gasteiger partial charge in [0.1, 0.15) is 6.33 Å². The molecule has 0 radical (unpaired) electrons. The Labute approximate surface area is 139 Å². The molecule has 1 unspecified atom stereocenters. The highest BCUT2D eigenvalue weighted by molar-refractivity contribution is 8.00. The molecule has 0 saturated carbocycles. The number of ketones is 1. The number of aromatic nitrogens is 3. The zero-order valence-electron chi connectivity index (χ0n) is 13.4. The Hall–Kier alpha value is -2.28. The molecule has 2 rings (SSSR count). The minimum atomic E-state index is -0.305. The summed E-state index contributed by atoms with van der Waals surface area (Å²) in [5, 5.41) is 8.30. The zero-order valence-corrected chi connectivity index (χ0v) is 14.2. The smallest absolute Gasteiger partial charge is 0.191 e. The van der Waals surface area contributed by atoms with E-state index in [1.807, 2.05) is 11.5 Å². The molecule has 0 spiro atoms. The van der Waals surface area contributed by atoms with Crippen molar-refractivity contribution >= 4 is 17.5 Å². The van der Waals surface area contributed by atoms with Crippen molar-refractivity contribution in [3.8, 4) is 11.5 Å². The van der Waals surface area contributed by atoms with Crippen molar-refractivity contribution in [2.24, 2.45) is 0 Å². The SMILES string of the molecule is C=CCn1cnnc1SC(C)C(=O)c1ccc(OC)c(OC)c1. The summed E-state index contributed by atoms with van der Waals surface area (Å²) < 4.78 is 12.3. The summed E-state index contributed by atoms with van der Waals surface area (Å²) in [6, 6.07) is 5.14. The number of benzene rings is 1. The topological polar surface area (TPSA) is 66.2 Å². The van der Waals surface area contributed by atoms with Crippen LogP contribution in [0.2, 0.25) is 0 Å². The van der Waals surface area contributed by atoms with Gasteiger partial charge in [-0.1, -0.05) is 17.8 Å². The summed E-state index contributed by atoms with van der Waals surface area (Å²) in [5.74, 6) is 1.12. The van der Waals surface area contributed by atoms with Crippen molar-refractivity contribution in [2.75, 3.05) is 14.2 Å². The van der Waals surface area contributed by atoms with E-state index >= 15 is 0 Å². The van der Waals surface area contributed by atoms with Crippen LogP contribution in [0.1, 0.15) is 17.3 Å². The van der Waals surface area contributed by atoms with Gasteiger partial charge in [-0.2, -0.15) is 0 Å². The average molecular weight is 333 g/mol. The summed E-state index contributed by atoms with van der Waals surface area (Å²) >= 11 is 1.36. The maximum absolute atomic E-state index is 12.6. The van der Waals surface area contributed by atoms with Crippen LogP contribution in [0.3, 0.4) is 0 Å². The van der Waals surface area contributed by atoms with Crippen LogP contribution in [0.4, 0.5) is 0 Å². The van der Waals surface area contributed by atoms with Gasteiger partial charge in [0.15, 0.2) is 22.4 Å². The van der Waals surface area contributed by atoms with Gasteiger partial charge in [0.2, 0.25) is 0 Å². The third kappa shape index (κ3) is 3.92. The number of carbonyl (C=O) groups is 1. The van der Waals surface area contributed by atoms with Crippen LogP contribution >= 0.6 is 11.8 Å². The van der Waals surface area contributed by atoms with Crippen LogP contribution < -0.4 is 9.47 Å². The number of methoxy groups -OCH3 is 2. The van der Waals surface area contributed by atoms with Gasteiger partial charge in [-0.3, -0.25) is 4.79 Å². The zero-order chi connectivity index (χ0) is 16.8. The van der Waals surface area contributed by atoms with Crippen molar-refractivity contribution in [1.29, 1.82) is 0 Å². The number of hydrogen-bond acceptors (Lipinski definition) is 6. The first-order valence-corrected chi connectivity index (χ1v) is 7.90. The molecule has 23 heavy (non-hydrogen) atoms. The standard InChI is InChI=1S/C16H19N3O3S/c1-5-8-19-10-17-18-16(19)23-11(2)15(20)12-6-7-13(21-3)14(9-12)22-4/h5-7,9-11H,1,8H2,2-4H3. The largest absolute Gasteiger partial charge is 0.493 e. The molecule has 1 atom stereocenters. The predicted molar refractivity (Wildman–Crippen MR) is 89.4 cm³/mol. The van der Waals surface area contributed by atoms with Crippen LogP contribution in [0.15, 0.2) is 42.3 Å². The second kappa shape index (κ2) is 7.82. The molecule has 0 aliphatic heterocycles. The number of nitrogens with zero attached hydrogens (tertiary/aromatic N) is 3. The number of hydrogen-bond donors (Lipinski definition) is 0. The van der Waals surface area contributed by atoms with Gasteiger partial charge in [0.25, 0.3) is 0 Å². The molecule has 1 aromatic carbocycles. The molecule has 0 aliphatic carbocycles. The Morgan fingerprint density at radius 1 is 1.39 bits per heavy atom. The molecule has 1 aromatic heterocycles. The van der Waals surface area contributed by atoms with Crippen molar-refractivity contribution in [2.45, 2.75) is 23.9 Å². The molecular weight excluding hydrogens is 314 g/mol. The first-order valence-electron chi connectivity index (χ1n) is 7.02. The lowest BCUT2D eigenvalue weighted by Gasteiger charge is -2.12. The Kier molecular flexibility index (Phi) is 5.81. The molecule has 6 nitrogen and oxygen atoms in total. The van der Waals surface area contributed by atoms with E-state index in [-0.39, 0.29) is 11.0 Å². The quantitative estimate of drug-likeness (QED) is 0.420. The first-order chi connectivity index (χ1) is 11.1. The fourth-order valence-electron chi connectivity index (χ4n) is 2.04. The molecule has 0 bridgehead atoms. The highest BCUT2D eigenvalue weighted by Crippen LogP contribution is 2.30. The Bertz CT molecular complexity index is 700. The summed E-state index contributed by atoms with van der Waals surface area (Å²) in [4.78, 5) is 12.6. The van der Waals surface area contributed by atoms with Crippen molar-refractivity contribution in [3.05, 3.63) is 42.7 Å². The lowest BCUT2D eigenvalue weighted by atomic mass is 10.1. The maximum atomic E-state index is 12.6. The lowest BCUT2D eigenvalue weighted by molar-refractivity contribution is 0.0993. The summed E-state index contributed by atoms with van der Waals surface area (Å²) in [5.41, 5.74) is 0.567. The number of thioether (sulfide) groups is 1. The Morgan fingerprint density at radius 2 is 2.13 bits per heavy atom. The number of ether oxygens (including phenoxy) is 2. The highest BCUT2D eigenvalue weighted by atomic mass is 32.2. The van der Waals surface area contributed by atoms with Gasteiger partial charge in [0.05, 0.1) is 19.5 Å². The van der Waals surface area contributed by atoms with E-state index in [9.17, 15) is 4.79 Å². The van der Waals surface area contributed by atoms with Gasteiger partial charge in [-0.15, -0.1) is 16.8 Å². The van der Waals surface area contributed by atoms with Crippen LogP contribution in [0.5, 0.6) is 11.5 Å². The molecule has 2 aromatic rings. The first kappa shape index (κ1) is 17.1.